The molecule has 6 heteroatoms. The molecule has 1 atom stereocenters. The summed E-state index contributed by atoms with van der Waals surface area (Å²) < 4.78 is 5.15. The third-order valence-electron chi connectivity index (χ3n) is 3.84. The first kappa shape index (κ1) is 14.8. The monoisotopic (exact) mass is 279 g/mol. The zero-order valence-corrected chi connectivity index (χ0v) is 12.7. The average Bonchev–Trinajstić information content (AvgIpc) is 2.73. The standard InChI is InChI=1S/C14H25N5O/c1-4-6-11-7-5-9-19(10-8-11)13-16-12(15-2)17-14(18-13)20-3/h11H,4-10H2,1-3H3,(H,15,16,17,18). The van der Waals surface area contributed by atoms with Crippen LogP contribution < -0.4 is 15.0 Å². The number of methoxy groups -OCH3 is 1. The van der Waals surface area contributed by atoms with Crippen molar-refractivity contribution >= 4 is 11.9 Å². The molecular weight excluding hydrogens is 254 g/mol. The third-order valence-corrected chi connectivity index (χ3v) is 3.84. The summed E-state index contributed by atoms with van der Waals surface area (Å²) in [6.07, 6.45) is 6.33. The molecule has 0 radical (unpaired) electrons. The van der Waals surface area contributed by atoms with Gasteiger partial charge in [0.2, 0.25) is 11.9 Å². The number of anilines is 2. The van der Waals surface area contributed by atoms with Crippen molar-refractivity contribution in [3.05, 3.63) is 0 Å². The van der Waals surface area contributed by atoms with E-state index in [0.29, 0.717) is 12.0 Å². The quantitative estimate of drug-likeness (QED) is 0.892. The molecule has 2 heterocycles. The van der Waals surface area contributed by atoms with E-state index < -0.39 is 0 Å². The normalized spacial score (nSPS) is 19.6. The van der Waals surface area contributed by atoms with Crippen molar-refractivity contribution in [2.45, 2.75) is 39.0 Å². The fourth-order valence-electron chi connectivity index (χ4n) is 2.75. The zero-order valence-electron chi connectivity index (χ0n) is 12.7. The molecule has 1 aromatic rings. The topological polar surface area (TPSA) is 63.2 Å². The molecule has 1 unspecified atom stereocenters. The predicted octanol–water partition coefficient (Wildman–Crippen LogP) is 2.33. The molecule has 112 valence electrons. The summed E-state index contributed by atoms with van der Waals surface area (Å²) in [4.78, 5) is 15.2. The molecule has 0 aliphatic carbocycles. The van der Waals surface area contributed by atoms with Crippen LogP contribution in [-0.2, 0) is 0 Å². The van der Waals surface area contributed by atoms with Crippen LogP contribution in [0.25, 0.3) is 0 Å². The summed E-state index contributed by atoms with van der Waals surface area (Å²) >= 11 is 0. The number of nitrogens with one attached hydrogen (secondary N) is 1. The van der Waals surface area contributed by atoms with Gasteiger partial charge in [0.05, 0.1) is 7.11 Å². The lowest BCUT2D eigenvalue weighted by atomic mass is 9.96. The minimum absolute atomic E-state index is 0.369. The van der Waals surface area contributed by atoms with E-state index in [1.165, 1.54) is 32.1 Å². The number of aromatic nitrogens is 3. The van der Waals surface area contributed by atoms with Gasteiger partial charge in [0, 0.05) is 20.1 Å². The molecule has 1 aliphatic rings. The molecule has 1 N–H and O–H groups in total. The van der Waals surface area contributed by atoms with E-state index in [0.717, 1.165) is 25.0 Å². The van der Waals surface area contributed by atoms with E-state index in [1.54, 1.807) is 14.2 Å². The molecule has 0 bridgehead atoms. The molecule has 2 rings (SSSR count). The van der Waals surface area contributed by atoms with Gasteiger partial charge in [-0.2, -0.15) is 15.0 Å². The van der Waals surface area contributed by atoms with E-state index in [1.807, 2.05) is 0 Å². The highest BCUT2D eigenvalue weighted by atomic mass is 16.5. The van der Waals surface area contributed by atoms with Gasteiger partial charge in [-0.15, -0.1) is 0 Å². The van der Waals surface area contributed by atoms with Crippen molar-refractivity contribution < 1.29 is 4.74 Å². The van der Waals surface area contributed by atoms with Gasteiger partial charge in [-0.1, -0.05) is 19.8 Å². The first-order valence-electron chi connectivity index (χ1n) is 7.49. The molecule has 0 spiro atoms. The number of nitrogens with zero attached hydrogens (tertiary/aromatic N) is 4. The summed E-state index contributed by atoms with van der Waals surface area (Å²) in [5.74, 6) is 2.12. The maximum absolute atomic E-state index is 5.15. The molecule has 1 aliphatic heterocycles. The van der Waals surface area contributed by atoms with Crippen LogP contribution in [0.1, 0.15) is 39.0 Å². The van der Waals surface area contributed by atoms with Crippen LogP contribution in [0.2, 0.25) is 0 Å². The van der Waals surface area contributed by atoms with Crippen molar-refractivity contribution in [1.82, 2.24) is 15.0 Å². The van der Waals surface area contributed by atoms with Gasteiger partial charge in [0.25, 0.3) is 0 Å². The first-order valence-corrected chi connectivity index (χ1v) is 7.49. The van der Waals surface area contributed by atoms with Crippen LogP contribution in [0, 0.1) is 5.92 Å². The van der Waals surface area contributed by atoms with E-state index in [-0.39, 0.29) is 0 Å². The summed E-state index contributed by atoms with van der Waals surface area (Å²) in [5.41, 5.74) is 0. The van der Waals surface area contributed by atoms with E-state index in [2.05, 4.69) is 32.1 Å². The van der Waals surface area contributed by atoms with Gasteiger partial charge in [-0.25, -0.2) is 0 Å². The Hall–Kier alpha value is -1.59. The number of ether oxygens (including phenoxy) is 1. The van der Waals surface area contributed by atoms with Crippen LogP contribution >= 0.6 is 0 Å². The Bertz CT molecular complexity index is 404. The highest BCUT2D eigenvalue weighted by Gasteiger charge is 2.19. The van der Waals surface area contributed by atoms with Crippen molar-refractivity contribution in [2.75, 3.05) is 37.5 Å². The van der Waals surface area contributed by atoms with Gasteiger partial charge in [-0.05, 0) is 25.2 Å². The largest absolute Gasteiger partial charge is 0.467 e. The second kappa shape index (κ2) is 7.26. The van der Waals surface area contributed by atoms with Gasteiger partial charge < -0.3 is 15.0 Å². The van der Waals surface area contributed by atoms with Gasteiger partial charge >= 0.3 is 6.01 Å². The minimum atomic E-state index is 0.369. The van der Waals surface area contributed by atoms with Crippen molar-refractivity contribution in [3.8, 4) is 6.01 Å². The van der Waals surface area contributed by atoms with Crippen LogP contribution in [-0.4, -0.2) is 42.2 Å². The van der Waals surface area contributed by atoms with E-state index in [4.69, 9.17) is 4.74 Å². The second-order valence-electron chi connectivity index (χ2n) is 5.27. The number of rotatable bonds is 5. The van der Waals surface area contributed by atoms with Crippen LogP contribution in [0.3, 0.4) is 0 Å². The second-order valence-corrected chi connectivity index (χ2v) is 5.27. The lowest BCUT2D eigenvalue weighted by Crippen LogP contribution is -2.27. The molecule has 0 saturated carbocycles. The Morgan fingerprint density at radius 2 is 2.10 bits per heavy atom. The SMILES string of the molecule is CCCC1CCCN(c2nc(NC)nc(OC)n2)CC1. The lowest BCUT2D eigenvalue weighted by Gasteiger charge is -2.21. The third kappa shape index (κ3) is 3.71. The number of hydrogen-bond acceptors (Lipinski definition) is 6. The molecule has 0 aromatic carbocycles. The molecule has 1 aromatic heterocycles. The Labute approximate surface area is 121 Å². The molecule has 1 fully saturated rings. The highest BCUT2D eigenvalue weighted by molar-refractivity contribution is 5.38. The zero-order chi connectivity index (χ0) is 14.4. The maximum atomic E-state index is 5.15. The summed E-state index contributed by atoms with van der Waals surface area (Å²) in [5, 5.41) is 2.96. The summed E-state index contributed by atoms with van der Waals surface area (Å²) in [7, 11) is 3.39. The van der Waals surface area contributed by atoms with Crippen LogP contribution in [0.5, 0.6) is 6.01 Å². The Balaban J connectivity index is 2.10. The summed E-state index contributed by atoms with van der Waals surface area (Å²) in [6.45, 7) is 4.29. The van der Waals surface area contributed by atoms with Gasteiger partial charge in [-0.3, -0.25) is 0 Å². The fourth-order valence-corrected chi connectivity index (χ4v) is 2.75. The van der Waals surface area contributed by atoms with Crippen molar-refractivity contribution in [1.29, 1.82) is 0 Å². The lowest BCUT2D eigenvalue weighted by molar-refractivity contribution is 0.378. The van der Waals surface area contributed by atoms with Gasteiger partial charge in [0.15, 0.2) is 0 Å². The molecule has 0 amide bonds. The predicted molar refractivity (Wildman–Crippen MR) is 80.4 cm³/mol. The van der Waals surface area contributed by atoms with Crippen LogP contribution in [0.4, 0.5) is 11.9 Å². The summed E-state index contributed by atoms with van der Waals surface area (Å²) in [6, 6.07) is 0.369. The van der Waals surface area contributed by atoms with Crippen molar-refractivity contribution in [2.24, 2.45) is 5.92 Å². The van der Waals surface area contributed by atoms with Crippen LogP contribution in [0.15, 0.2) is 0 Å². The Kier molecular flexibility index (Phi) is 5.38. The van der Waals surface area contributed by atoms with Crippen molar-refractivity contribution in [3.63, 3.8) is 0 Å². The highest BCUT2D eigenvalue weighted by Crippen LogP contribution is 2.24. The molecule has 6 nitrogen and oxygen atoms in total. The smallest absolute Gasteiger partial charge is 0.322 e. The van der Waals surface area contributed by atoms with E-state index in [9.17, 15) is 0 Å². The average molecular weight is 279 g/mol. The number of hydrogen-bond donors (Lipinski definition) is 1. The first-order chi connectivity index (χ1) is 9.76. The Morgan fingerprint density at radius 3 is 2.80 bits per heavy atom. The molecule has 20 heavy (non-hydrogen) atoms. The van der Waals surface area contributed by atoms with Gasteiger partial charge in [0.1, 0.15) is 0 Å². The Morgan fingerprint density at radius 1 is 1.25 bits per heavy atom. The molecular formula is C14H25N5O. The van der Waals surface area contributed by atoms with E-state index >= 15 is 0 Å². The minimum Gasteiger partial charge on any atom is -0.467 e. The molecule has 1 saturated heterocycles. The fraction of sp³-hybridized carbons (Fsp3) is 0.786. The maximum Gasteiger partial charge on any atom is 0.322 e.